The summed E-state index contributed by atoms with van der Waals surface area (Å²) in [4.78, 5) is 32.4. The molecule has 0 atom stereocenters. The first kappa shape index (κ1) is 23.0. The fraction of sp³-hybridized carbons (Fsp3) is 0.391. The number of fused-ring (bicyclic) bond motifs is 1. The molecule has 5 rings (SSSR count). The van der Waals surface area contributed by atoms with Crippen LogP contribution in [0.25, 0.3) is 10.6 Å². The second-order valence-corrected chi connectivity index (χ2v) is 9.68. The zero-order valence-electron chi connectivity index (χ0n) is 18.8. The normalized spacial score (nSPS) is 16.1. The summed E-state index contributed by atoms with van der Waals surface area (Å²) in [7, 11) is 0. The number of aromatic nitrogens is 3. The zero-order valence-corrected chi connectivity index (χ0v) is 20.3. The molecule has 2 aliphatic heterocycles. The molecule has 5 heterocycles. The lowest BCUT2D eigenvalue weighted by Gasteiger charge is -2.30. The number of hydrogen-bond acceptors (Lipinski definition) is 9. The van der Waals surface area contributed by atoms with Crippen LogP contribution < -0.4 is 20.9 Å². The monoisotopic (exact) mass is 498 g/mol. The number of carbonyl (C=O) groups is 1. The van der Waals surface area contributed by atoms with E-state index >= 15 is 0 Å². The molecule has 178 valence electrons. The van der Waals surface area contributed by atoms with Crippen molar-refractivity contribution in [1.82, 2.24) is 30.5 Å². The van der Waals surface area contributed by atoms with Gasteiger partial charge in [-0.05, 0) is 18.2 Å². The first-order chi connectivity index (χ1) is 16.7. The van der Waals surface area contributed by atoms with Crippen LogP contribution in [-0.2, 0) is 6.54 Å². The Hall–Kier alpha value is -2.79. The largest absolute Gasteiger partial charge is 0.365 e. The molecule has 34 heavy (non-hydrogen) atoms. The van der Waals surface area contributed by atoms with Gasteiger partial charge in [0.2, 0.25) is 0 Å². The van der Waals surface area contributed by atoms with E-state index in [0.29, 0.717) is 23.1 Å². The Bertz CT molecular complexity index is 1150. The van der Waals surface area contributed by atoms with Crippen LogP contribution in [-0.4, -0.2) is 78.1 Å². The summed E-state index contributed by atoms with van der Waals surface area (Å²) in [6.45, 7) is 7.72. The van der Waals surface area contributed by atoms with Gasteiger partial charge in [-0.15, -0.1) is 11.3 Å². The number of nitrogens with zero attached hydrogens (tertiary/aromatic N) is 5. The minimum absolute atomic E-state index is 0.0492. The lowest BCUT2D eigenvalue weighted by atomic mass is 10.2. The average molecular weight is 499 g/mol. The Labute approximate surface area is 207 Å². The first-order valence-corrected chi connectivity index (χ1v) is 12.6. The van der Waals surface area contributed by atoms with E-state index in [2.05, 4.69) is 35.7 Å². The molecule has 0 radical (unpaired) electrons. The van der Waals surface area contributed by atoms with E-state index < -0.39 is 0 Å². The molecule has 3 aromatic heterocycles. The Kier molecular flexibility index (Phi) is 7.19. The van der Waals surface area contributed by atoms with Crippen LogP contribution in [0.4, 0.5) is 11.6 Å². The molecule has 0 bridgehead atoms. The van der Waals surface area contributed by atoms with Crippen LogP contribution in [0.3, 0.4) is 0 Å². The topological polar surface area (TPSA) is 98.3 Å². The van der Waals surface area contributed by atoms with Crippen LogP contribution in [0.15, 0.2) is 36.7 Å². The summed E-state index contributed by atoms with van der Waals surface area (Å²) in [6, 6.07) is 7.65. The van der Waals surface area contributed by atoms with Gasteiger partial charge in [0.1, 0.15) is 10.8 Å². The van der Waals surface area contributed by atoms with Gasteiger partial charge in [0.05, 0.1) is 16.0 Å². The highest BCUT2D eigenvalue weighted by Gasteiger charge is 2.22. The second-order valence-electron chi connectivity index (χ2n) is 8.24. The lowest BCUT2D eigenvalue weighted by molar-refractivity contribution is 0.0951. The van der Waals surface area contributed by atoms with E-state index in [1.165, 1.54) is 11.3 Å². The molecule has 11 heteroatoms. The second kappa shape index (κ2) is 10.6. The van der Waals surface area contributed by atoms with E-state index in [9.17, 15) is 4.79 Å². The summed E-state index contributed by atoms with van der Waals surface area (Å²) in [5.74, 6) is 1.48. The number of piperazine rings is 1. The molecule has 0 saturated carbocycles. The number of thiophene rings is 1. The highest BCUT2D eigenvalue weighted by molar-refractivity contribution is 7.17. The fourth-order valence-electron chi connectivity index (χ4n) is 4.10. The maximum absolute atomic E-state index is 12.6. The van der Waals surface area contributed by atoms with Gasteiger partial charge in [-0.2, -0.15) is 0 Å². The number of amides is 1. The van der Waals surface area contributed by atoms with E-state index in [0.717, 1.165) is 73.6 Å². The number of pyridine rings is 1. The van der Waals surface area contributed by atoms with E-state index in [-0.39, 0.29) is 5.91 Å². The van der Waals surface area contributed by atoms with Crippen LogP contribution in [0.1, 0.15) is 15.2 Å². The predicted molar refractivity (Wildman–Crippen MR) is 136 cm³/mol. The predicted octanol–water partition coefficient (Wildman–Crippen LogP) is 2.32. The van der Waals surface area contributed by atoms with Gasteiger partial charge in [-0.1, -0.05) is 17.7 Å². The molecule has 9 nitrogen and oxygen atoms in total. The van der Waals surface area contributed by atoms with Crippen molar-refractivity contribution in [2.24, 2.45) is 0 Å². The van der Waals surface area contributed by atoms with Crippen LogP contribution in [0.2, 0.25) is 5.15 Å². The maximum atomic E-state index is 12.6. The molecule has 0 unspecified atom stereocenters. The molecular formula is C23H27ClN8OS. The molecule has 1 saturated heterocycles. The third kappa shape index (κ3) is 5.30. The molecule has 0 aliphatic carbocycles. The number of carbonyl (C=O) groups excluding carboxylic acids is 1. The van der Waals surface area contributed by atoms with E-state index in [1.807, 2.05) is 24.3 Å². The summed E-state index contributed by atoms with van der Waals surface area (Å²) in [5.41, 5.74) is 1.69. The molecule has 2 aliphatic rings. The third-order valence-electron chi connectivity index (χ3n) is 5.93. The van der Waals surface area contributed by atoms with Crippen molar-refractivity contribution in [1.29, 1.82) is 0 Å². The minimum atomic E-state index is -0.0492. The van der Waals surface area contributed by atoms with Crippen molar-refractivity contribution >= 4 is 40.5 Å². The summed E-state index contributed by atoms with van der Waals surface area (Å²) >= 11 is 7.71. The molecule has 1 amide bonds. The van der Waals surface area contributed by atoms with E-state index in [1.54, 1.807) is 12.4 Å². The number of hydrogen-bond donors (Lipinski definition) is 3. The van der Waals surface area contributed by atoms with Crippen molar-refractivity contribution in [3.05, 3.63) is 52.3 Å². The quantitative estimate of drug-likeness (QED) is 0.427. The molecule has 0 aromatic carbocycles. The van der Waals surface area contributed by atoms with Gasteiger partial charge in [0, 0.05) is 70.7 Å². The lowest BCUT2D eigenvalue weighted by Crippen LogP contribution is -2.46. The Morgan fingerprint density at radius 1 is 1.15 bits per heavy atom. The van der Waals surface area contributed by atoms with Crippen molar-refractivity contribution in [2.45, 2.75) is 6.54 Å². The maximum Gasteiger partial charge on any atom is 0.261 e. The van der Waals surface area contributed by atoms with E-state index in [4.69, 9.17) is 16.6 Å². The van der Waals surface area contributed by atoms with Crippen LogP contribution >= 0.6 is 22.9 Å². The van der Waals surface area contributed by atoms with Gasteiger partial charge in [0.15, 0.2) is 11.6 Å². The summed E-state index contributed by atoms with van der Waals surface area (Å²) in [5, 5.41) is 10.2. The van der Waals surface area contributed by atoms with Gasteiger partial charge < -0.3 is 20.9 Å². The average Bonchev–Trinajstić information content (AvgIpc) is 3.37. The number of anilines is 2. The van der Waals surface area contributed by atoms with Crippen molar-refractivity contribution in [3.8, 4) is 10.6 Å². The van der Waals surface area contributed by atoms with Gasteiger partial charge in [-0.3, -0.25) is 9.69 Å². The van der Waals surface area contributed by atoms with Crippen molar-refractivity contribution < 1.29 is 4.79 Å². The first-order valence-electron chi connectivity index (χ1n) is 11.4. The highest BCUT2D eigenvalue weighted by Crippen LogP contribution is 2.32. The third-order valence-corrected chi connectivity index (χ3v) is 7.38. The molecule has 3 aromatic rings. The molecule has 0 spiro atoms. The van der Waals surface area contributed by atoms with Crippen molar-refractivity contribution in [2.75, 3.05) is 62.6 Å². The Morgan fingerprint density at radius 3 is 2.88 bits per heavy atom. The Morgan fingerprint density at radius 2 is 2.03 bits per heavy atom. The number of halogens is 1. The van der Waals surface area contributed by atoms with Crippen LogP contribution in [0.5, 0.6) is 0 Å². The highest BCUT2D eigenvalue weighted by atomic mass is 35.5. The number of rotatable bonds is 7. The SMILES string of the molecule is O=C(NCCN1CCNCC1)c1ccc(-c2cnc3c(n2)N(Cc2cccnc2Cl)CCN3)s1. The number of nitrogens with one attached hydrogen (secondary N) is 3. The zero-order chi connectivity index (χ0) is 23.3. The van der Waals surface area contributed by atoms with Gasteiger partial charge in [-0.25, -0.2) is 15.0 Å². The van der Waals surface area contributed by atoms with Crippen molar-refractivity contribution in [3.63, 3.8) is 0 Å². The fourth-order valence-corrected chi connectivity index (χ4v) is 5.16. The molecule has 1 fully saturated rings. The standard InChI is InChI=1S/C23H27ClN8OS/c24-20-16(2-1-5-26-20)15-32-13-9-27-21-22(32)30-17(14-29-21)18-3-4-19(34-18)23(33)28-8-12-31-10-6-25-7-11-31/h1-5,14,25H,6-13,15H2,(H,27,29)(H,28,33). The molecular weight excluding hydrogens is 472 g/mol. The summed E-state index contributed by atoms with van der Waals surface area (Å²) in [6.07, 6.45) is 3.44. The van der Waals surface area contributed by atoms with Crippen LogP contribution in [0, 0.1) is 0 Å². The van der Waals surface area contributed by atoms with Gasteiger partial charge >= 0.3 is 0 Å². The summed E-state index contributed by atoms with van der Waals surface area (Å²) < 4.78 is 0. The molecule has 3 N–H and O–H groups in total. The Balaban J connectivity index is 1.26. The van der Waals surface area contributed by atoms with Gasteiger partial charge in [0.25, 0.3) is 5.91 Å². The smallest absolute Gasteiger partial charge is 0.261 e. The minimum Gasteiger partial charge on any atom is -0.365 e.